The highest BCUT2D eigenvalue weighted by Crippen LogP contribution is 2.25. The number of aryl methyl sites for hydroxylation is 2. The number of fused-ring (bicyclic) bond motifs is 2. The van der Waals surface area contributed by atoms with Gasteiger partial charge >= 0.3 is 5.97 Å². The molecule has 1 aliphatic rings. The molecule has 2 amide bonds. The molecule has 10 heteroatoms. The summed E-state index contributed by atoms with van der Waals surface area (Å²) < 4.78 is 12.0. The van der Waals surface area contributed by atoms with Crippen molar-refractivity contribution >= 4 is 34.4 Å². The lowest BCUT2D eigenvalue weighted by Crippen LogP contribution is -2.35. The highest BCUT2D eigenvalue weighted by Gasteiger charge is 2.17. The van der Waals surface area contributed by atoms with E-state index in [4.69, 9.17) is 9.47 Å². The van der Waals surface area contributed by atoms with E-state index in [1.807, 2.05) is 13.0 Å². The first-order chi connectivity index (χ1) is 17.4. The quantitative estimate of drug-likeness (QED) is 0.485. The van der Waals surface area contributed by atoms with Crippen LogP contribution < -0.4 is 20.9 Å². The van der Waals surface area contributed by atoms with Gasteiger partial charge in [-0.3, -0.25) is 19.0 Å². The van der Waals surface area contributed by atoms with Crippen molar-refractivity contribution in [2.24, 2.45) is 0 Å². The van der Waals surface area contributed by atoms with Crippen molar-refractivity contribution < 1.29 is 23.9 Å². The van der Waals surface area contributed by atoms with Gasteiger partial charge in [-0.05, 0) is 55.7 Å². The molecular formula is C26H28N4O6. The van der Waals surface area contributed by atoms with Crippen LogP contribution in [0.5, 0.6) is 5.75 Å². The SMILES string of the molecule is COc1ccc(C)cc1NC(=O)CNC(=O)COC(=O)c1ccc2c(=O)n3c(nc2c1)CCCCC3. The Morgan fingerprint density at radius 1 is 1.06 bits per heavy atom. The smallest absolute Gasteiger partial charge is 0.338 e. The average molecular weight is 493 g/mol. The number of aromatic nitrogens is 2. The molecule has 0 spiro atoms. The molecule has 2 aromatic carbocycles. The van der Waals surface area contributed by atoms with Crippen LogP contribution in [0.2, 0.25) is 0 Å². The maximum Gasteiger partial charge on any atom is 0.338 e. The van der Waals surface area contributed by atoms with E-state index in [9.17, 15) is 19.2 Å². The summed E-state index contributed by atoms with van der Waals surface area (Å²) in [5.74, 6) is -0.589. The topological polar surface area (TPSA) is 129 Å². The predicted molar refractivity (Wildman–Crippen MR) is 133 cm³/mol. The molecule has 2 heterocycles. The van der Waals surface area contributed by atoms with Gasteiger partial charge in [0.25, 0.3) is 11.5 Å². The van der Waals surface area contributed by atoms with Gasteiger partial charge in [0.15, 0.2) is 6.61 Å². The number of carbonyl (C=O) groups is 3. The number of carbonyl (C=O) groups excluding carboxylic acids is 3. The van der Waals surface area contributed by atoms with Crippen LogP contribution in [-0.2, 0) is 27.3 Å². The molecule has 10 nitrogen and oxygen atoms in total. The van der Waals surface area contributed by atoms with Gasteiger partial charge in [-0.15, -0.1) is 0 Å². The summed E-state index contributed by atoms with van der Waals surface area (Å²) in [6.07, 6.45) is 3.66. The zero-order valence-corrected chi connectivity index (χ0v) is 20.3. The fraction of sp³-hybridized carbons (Fsp3) is 0.346. The number of anilines is 1. The Morgan fingerprint density at radius 3 is 2.69 bits per heavy atom. The van der Waals surface area contributed by atoms with Gasteiger partial charge in [0.2, 0.25) is 5.91 Å². The molecule has 3 aromatic rings. The van der Waals surface area contributed by atoms with Crippen molar-refractivity contribution in [2.75, 3.05) is 25.6 Å². The standard InChI is InChI=1S/C26H28N4O6/c1-16-7-10-21(35-2)20(12-16)29-23(31)14-27-24(32)15-36-26(34)17-8-9-18-19(13-17)28-22-6-4-3-5-11-30(22)25(18)33/h7-10,12-13H,3-6,11,14-15H2,1-2H3,(H,27,32)(H,29,31). The normalized spacial score (nSPS) is 12.8. The van der Waals surface area contributed by atoms with E-state index >= 15 is 0 Å². The number of ether oxygens (including phenoxy) is 2. The minimum atomic E-state index is -0.724. The molecule has 0 saturated carbocycles. The average Bonchev–Trinajstić information content (AvgIpc) is 3.11. The molecule has 4 rings (SSSR count). The van der Waals surface area contributed by atoms with Crippen molar-refractivity contribution in [1.29, 1.82) is 0 Å². The van der Waals surface area contributed by atoms with E-state index in [-0.39, 0.29) is 17.7 Å². The Labute approximate surface area is 207 Å². The Hall–Kier alpha value is -4.21. The van der Waals surface area contributed by atoms with Crippen LogP contribution >= 0.6 is 0 Å². The highest BCUT2D eigenvalue weighted by atomic mass is 16.5. The van der Waals surface area contributed by atoms with Crippen LogP contribution in [0.1, 0.15) is 41.0 Å². The number of esters is 1. The van der Waals surface area contributed by atoms with E-state index in [1.165, 1.54) is 19.2 Å². The fourth-order valence-corrected chi connectivity index (χ4v) is 4.10. The van der Waals surface area contributed by atoms with Gasteiger partial charge in [0, 0.05) is 13.0 Å². The van der Waals surface area contributed by atoms with Gasteiger partial charge in [-0.25, -0.2) is 9.78 Å². The van der Waals surface area contributed by atoms with E-state index in [2.05, 4.69) is 15.6 Å². The van der Waals surface area contributed by atoms with Gasteiger partial charge in [0.05, 0.1) is 35.8 Å². The van der Waals surface area contributed by atoms with Crippen molar-refractivity contribution in [2.45, 2.75) is 39.2 Å². The van der Waals surface area contributed by atoms with Gasteiger partial charge in [-0.2, -0.15) is 0 Å². The van der Waals surface area contributed by atoms with E-state index < -0.39 is 24.4 Å². The highest BCUT2D eigenvalue weighted by molar-refractivity contribution is 5.97. The summed E-state index contributed by atoms with van der Waals surface area (Å²) in [7, 11) is 1.50. The molecule has 0 saturated heterocycles. The minimum Gasteiger partial charge on any atom is -0.495 e. The predicted octanol–water partition coefficient (Wildman–Crippen LogP) is 2.35. The van der Waals surface area contributed by atoms with Crippen molar-refractivity contribution in [1.82, 2.24) is 14.9 Å². The van der Waals surface area contributed by atoms with Crippen LogP contribution in [0.3, 0.4) is 0 Å². The van der Waals surface area contributed by atoms with Crippen molar-refractivity contribution in [3.63, 3.8) is 0 Å². The largest absolute Gasteiger partial charge is 0.495 e. The van der Waals surface area contributed by atoms with Crippen molar-refractivity contribution in [3.8, 4) is 5.75 Å². The Bertz CT molecular complexity index is 1380. The second kappa shape index (κ2) is 11.0. The summed E-state index contributed by atoms with van der Waals surface area (Å²) in [5.41, 5.74) is 1.93. The number of hydrogen-bond donors (Lipinski definition) is 2. The van der Waals surface area contributed by atoms with Crippen molar-refractivity contribution in [3.05, 3.63) is 63.7 Å². The molecule has 0 aliphatic carbocycles. The van der Waals surface area contributed by atoms with Gasteiger partial charge in [-0.1, -0.05) is 12.5 Å². The first-order valence-electron chi connectivity index (χ1n) is 11.8. The van der Waals surface area contributed by atoms with Gasteiger partial charge in [0.1, 0.15) is 11.6 Å². The maximum atomic E-state index is 12.8. The molecule has 0 atom stereocenters. The lowest BCUT2D eigenvalue weighted by Gasteiger charge is -2.12. The van der Waals surface area contributed by atoms with Crippen LogP contribution in [0.25, 0.3) is 10.9 Å². The summed E-state index contributed by atoms with van der Waals surface area (Å²) in [4.78, 5) is 54.2. The Balaban J connectivity index is 1.33. The molecule has 2 N–H and O–H groups in total. The zero-order valence-electron chi connectivity index (χ0n) is 20.3. The lowest BCUT2D eigenvalue weighted by atomic mass is 10.1. The first kappa shape index (κ1) is 24.9. The minimum absolute atomic E-state index is 0.113. The molecule has 36 heavy (non-hydrogen) atoms. The first-order valence-corrected chi connectivity index (χ1v) is 11.8. The fourth-order valence-electron chi connectivity index (χ4n) is 4.10. The molecule has 0 bridgehead atoms. The molecule has 0 unspecified atom stereocenters. The summed E-state index contributed by atoms with van der Waals surface area (Å²) in [6, 6.07) is 9.89. The zero-order chi connectivity index (χ0) is 25.7. The van der Waals surface area contributed by atoms with E-state index in [0.29, 0.717) is 35.3 Å². The van der Waals surface area contributed by atoms with E-state index in [0.717, 1.165) is 30.7 Å². The molecule has 0 radical (unpaired) electrons. The number of rotatable bonds is 7. The maximum absolute atomic E-state index is 12.8. The summed E-state index contributed by atoms with van der Waals surface area (Å²) in [6.45, 7) is 1.66. The monoisotopic (exact) mass is 492 g/mol. The molecule has 0 fully saturated rings. The third-order valence-corrected chi connectivity index (χ3v) is 5.96. The van der Waals surface area contributed by atoms with Crippen LogP contribution in [0.4, 0.5) is 5.69 Å². The Morgan fingerprint density at radius 2 is 1.89 bits per heavy atom. The Kier molecular flexibility index (Phi) is 7.62. The number of methoxy groups -OCH3 is 1. The number of hydrogen-bond acceptors (Lipinski definition) is 7. The number of nitrogens with zero attached hydrogens (tertiary/aromatic N) is 2. The van der Waals surface area contributed by atoms with Crippen LogP contribution in [0, 0.1) is 6.92 Å². The van der Waals surface area contributed by atoms with E-state index in [1.54, 1.807) is 22.8 Å². The third kappa shape index (κ3) is 5.70. The summed E-state index contributed by atoms with van der Waals surface area (Å²) >= 11 is 0. The molecule has 188 valence electrons. The molecular weight excluding hydrogens is 464 g/mol. The van der Waals surface area contributed by atoms with Gasteiger partial charge < -0.3 is 20.1 Å². The third-order valence-electron chi connectivity index (χ3n) is 5.96. The number of nitrogens with one attached hydrogen (secondary N) is 2. The summed E-state index contributed by atoms with van der Waals surface area (Å²) in [5, 5.41) is 5.52. The molecule has 1 aliphatic heterocycles. The number of amides is 2. The number of benzene rings is 2. The lowest BCUT2D eigenvalue weighted by molar-refractivity contribution is -0.126. The molecule has 1 aromatic heterocycles. The van der Waals surface area contributed by atoms with Crippen LogP contribution in [0.15, 0.2) is 41.2 Å². The second-order valence-electron chi connectivity index (χ2n) is 8.63. The van der Waals surface area contributed by atoms with Crippen LogP contribution in [-0.4, -0.2) is 47.6 Å². The second-order valence-corrected chi connectivity index (χ2v) is 8.63.